The number of hydrogen-bond acceptors (Lipinski definition) is 2. The molecule has 1 aromatic heterocycles. The van der Waals surface area contributed by atoms with E-state index in [2.05, 4.69) is 5.16 Å². The summed E-state index contributed by atoms with van der Waals surface area (Å²) < 4.78 is 4.82. The van der Waals surface area contributed by atoms with Gasteiger partial charge >= 0.3 is 0 Å². The third-order valence-corrected chi connectivity index (χ3v) is 1.42. The van der Waals surface area contributed by atoms with Crippen molar-refractivity contribution in [2.24, 2.45) is 0 Å². The van der Waals surface area contributed by atoms with Crippen LogP contribution < -0.4 is 5.73 Å². The summed E-state index contributed by atoms with van der Waals surface area (Å²) in [7, 11) is 0. The van der Waals surface area contributed by atoms with E-state index in [1.165, 1.54) is 0 Å². The second kappa shape index (κ2) is 2.19. The molecule has 1 N–H and O–H groups in total. The summed E-state index contributed by atoms with van der Waals surface area (Å²) in [5, 5.41) is 3.67. The van der Waals surface area contributed by atoms with E-state index in [0.717, 1.165) is 17.0 Å². The van der Waals surface area contributed by atoms with Gasteiger partial charge in [-0.25, -0.2) is 0 Å². The quantitative estimate of drug-likeness (QED) is 0.563. The Labute approximate surface area is 53.8 Å². The van der Waals surface area contributed by atoms with E-state index < -0.39 is 0 Å². The van der Waals surface area contributed by atoms with Gasteiger partial charge in [0.05, 0.1) is 6.54 Å². The lowest BCUT2D eigenvalue weighted by atomic mass is 10.2. The molecule has 0 aromatic carbocycles. The Balaban J connectivity index is 3.04. The average Bonchev–Trinajstić information content (AvgIpc) is 2.15. The van der Waals surface area contributed by atoms with Crippen molar-refractivity contribution in [1.82, 2.24) is 10.9 Å². The third-order valence-electron chi connectivity index (χ3n) is 1.42. The Bertz CT molecular complexity index is 205. The largest absolute Gasteiger partial charge is 0.361 e. The maximum absolute atomic E-state index is 6.98. The normalized spacial score (nSPS) is 10.1. The van der Waals surface area contributed by atoms with Crippen molar-refractivity contribution in [3.8, 4) is 0 Å². The molecule has 0 amide bonds. The monoisotopic (exact) mass is 125 g/mol. The average molecular weight is 125 g/mol. The van der Waals surface area contributed by atoms with Gasteiger partial charge in [-0.2, -0.15) is 0 Å². The standard InChI is InChI=1S/C6H9N2O/c1-4-5(2)9-8-6(4)3-7/h7H,3H2,1-2H3. The lowest BCUT2D eigenvalue weighted by Gasteiger charge is -1.85. The first-order valence-corrected chi connectivity index (χ1v) is 2.82. The van der Waals surface area contributed by atoms with Gasteiger partial charge in [-0.1, -0.05) is 5.16 Å². The SMILES string of the molecule is Cc1onc(C[NH])c1C. The molecule has 3 nitrogen and oxygen atoms in total. The number of rotatable bonds is 1. The molecule has 0 aliphatic rings. The Hall–Kier alpha value is -0.830. The minimum Gasteiger partial charge on any atom is -0.361 e. The lowest BCUT2D eigenvalue weighted by molar-refractivity contribution is 0.390. The van der Waals surface area contributed by atoms with Gasteiger partial charge in [0.15, 0.2) is 0 Å². The number of aryl methyl sites for hydroxylation is 1. The molecular formula is C6H9N2O. The first-order valence-electron chi connectivity index (χ1n) is 2.82. The molecule has 9 heavy (non-hydrogen) atoms. The van der Waals surface area contributed by atoms with Crippen molar-refractivity contribution >= 4 is 0 Å². The zero-order chi connectivity index (χ0) is 6.85. The van der Waals surface area contributed by atoms with Crippen LogP contribution >= 0.6 is 0 Å². The lowest BCUT2D eigenvalue weighted by Crippen LogP contribution is -1.86. The number of nitrogens with one attached hydrogen (secondary N) is 1. The van der Waals surface area contributed by atoms with E-state index >= 15 is 0 Å². The first kappa shape index (κ1) is 6.29. The van der Waals surface area contributed by atoms with Crippen LogP contribution in [-0.4, -0.2) is 5.16 Å². The van der Waals surface area contributed by atoms with Crippen LogP contribution in [0.25, 0.3) is 0 Å². The van der Waals surface area contributed by atoms with Gasteiger partial charge < -0.3 is 4.52 Å². The zero-order valence-electron chi connectivity index (χ0n) is 5.56. The first-order chi connectivity index (χ1) is 4.25. The Morgan fingerprint density at radius 1 is 1.56 bits per heavy atom. The van der Waals surface area contributed by atoms with Crippen LogP contribution in [0.4, 0.5) is 0 Å². The molecule has 1 radical (unpaired) electrons. The highest BCUT2D eigenvalue weighted by Gasteiger charge is 2.04. The van der Waals surface area contributed by atoms with Crippen molar-refractivity contribution in [3.05, 3.63) is 17.0 Å². The van der Waals surface area contributed by atoms with Crippen molar-refractivity contribution in [2.45, 2.75) is 20.4 Å². The fraction of sp³-hybridized carbons (Fsp3) is 0.500. The fourth-order valence-corrected chi connectivity index (χ4v) is 0.629. The minimum absolute atomic E-state index is 0.211. The van der Waals surface area contributed by atoms with Gasteiger partial charge in [0.25, 0.3) is 0 Å². The molecule has 0 saturated heterocycles. The highest BCUT2D eigenvalue weighted by molar-refractivity contribution is 5.18. The molecule has 1 aromatic rings. The van der Waals surface area contributed by atoms with Crippen molar-refractivity contribution in [3.63, 3.8) is 0 Å². The van der Waals surface area contributed by atoms with E-state index in [1.807, 2.05) is 13.8 Å². The molecule has 0 fully saturated rings. The molecule has 3 heteroatoms. The molecular weight excluding hydrogens is 116 g/mol. The zero-order valence-corrected chi connectivity index (χ0v) is 5.56. The molecule has 49 valence electrons. The highest BCUT2D eigenvalue weighted by Crippen LogP contribution is 2.09. The Kier molecular flexibility index (Phi) is 1.53. The summed E-state index contributed by atoms with van der Waals surface area (Å²) in [6, 6.07) is 0. The van der Waals surface area contributed by atoms with Gasteiger partial charge in [0.2, 0.25) is 0 Å². The Morgan fingerprint density at radius 3 is 2.44 bits per heavy atom. The Morgan fingerprint density at radius 2 is 2.22 bits per heavy atom. The van der Waals surface area contributed by atoms with Crippen LogP contribution in [0, 0.1) is 13.8 Å². The summed E-state index contributed by atoms with van der Waals surface area (Å²) in [4.78, 5) is 0. The highest BCUT2D eigenvalue weighted by atomic mass is 16.5. The van der Waals surface area contributed by atoms with Gasteiger partial charge in [-0.3, -0.25) is 5.73 Å². The number of hydrogen-bond donors (Lipinski definition) is 0. The van der Waals surface area contributed by atoms with Gasteiger partial charge in [0, 0.05) is 5.56 Å². The topological polar surface area (TPSA) is 49.8 Å². The second-order valence-corrected chi connectivity index (χ2v) is 1.99. The van der Waals surface area contributed by atoms with Crippen LogP contribution in [-0.2, 0) is 6.54 Å². The summed E-state index contributed by atoms with van der Waals surface area (Å²) in [5.74, 6) is 0.817. The smallest absolute Gasteiger partial charge is 0.136 e. The van der Waals surface area contributed by atoms with E-state index in [4.69, 9.17) is 10.3 Å². The van der Waals surface area contributed by atoms with Gasteiger partial charge in [0.1, 0.15) is 11.5 Å². The number of nitrogens with zero attached hydrogens (tertiary/aromatic N) is 1. The van der Waals surface area contributed by atoms with Crippen LogP contribution in [0.3, 0.4) is 0 Å². The van der Waals surface area contributed by atoms with Crippen LogP contribution in [0.5, 0.6) is 0 Å². The fourth-order valence-electron chi connectivity index (χ4n) is 0.629. The molecule has 0 spiro atoms. The van der Waals surface area contributed by atoms with E-state index in [9.17, 15) is 0 Å². The summed E-state index contributed by atoms with van der Waals surface area (Å²) in [6.45, 7) is 3.97. The van der Waals surface area contributed by atoms with E-state index in [-0.39, 0.29) is 6.54 Å². The van der Waals surface area contributed by atoms with Crippen molar-refractivity contribution < 1.29 is 4.52 Å². The maximum atomic E-state index is 6.98. The van der Waals surface area contributed by atoms with Crippen molar-refractivity contribution in [2.75, 3.05) is 0 Å². The van der Waals surface area contributed by atoms with E-state index in [1.54, 1.807) is 0 Å². The summed E-state index contributed by atoms with van der Waals surface area (Å²) >= 11 is 0. The number of aromatic nitrogens is 1. The van der Waals surface area contributed by atoms with Gasteiger partial charge in [-0.15, -0.1) is 0 Å². The predicted octanol–water partition coefficient (Wildman–Crippen LogP) is 1.07. The molecule has 0 aliphatic heterocycles. The summed E-state index contributed by atoms with van der Waals surface area (Å²) in [5.41, 5.74) is 8.72. The van der Waals surface area contributed by atoms with Gasteiger partial charge in [-0.05, 0) is 13.8 Å². The van der Waals surface area contributed by atoms with Crippen molar-refractivity contribution in [1.29, 1.82) is 0 Å². The third kappa shape index (κ3) is 0.954. The molecule has 1 heterocycles. The predicted molar refractivity (Wildman–Crippen MR) is 32.8 cm³/mol. The molecule has 0 saturated carbocycles. The minimum atomic E-state index is 0.211. The molecule has 0 aliphatic carbocycles. The summed E-state index contributed by atoms with van der Waals surface area (Å²) in [6.07, 6.45) is 0. The molecule has 0 atom stereocenters. The maximum Gasteiger partial charge on any atom is 0.136 e. The van der Waals surface area contributed by atoms with Crippen LogP contribution in [0.2, 0.25) is 0 Å². The van der Waals surface area contributed by atoms with Crippen LogP contribution in [0.15, 0.2) is 4.52 Å². The molecule has 1 rings (SSSR count). The second-order valence-electron chi connectivity index (χ2n) is 1.99. The molecule has 0 bridgehead atoms. The van der Waals surface area contributed by atoms with Crippen LogP contribution in [0.1, 0.15) is 17.0 Å². The van der Waals surface area contributed by atoms with E-state index in [0.29, 0.717) is 0 Å². The molecule has 0 unspecified atom stereocenters.